The number of halogens is 1. The lowest BCUT2D eigenvalue weighted by Crippen LogP contribution is -2.28. The van der Waals surface area contributed by atoms with Crippen LogP contribution in [0, 0.1) is 0 Å². The zero-order valence-electron chi connectivity index (χ0n) is 8.19. The van der Waals surface area contributed by atoms with Crippen LogP contribution in [0.4, 0.5) is 5.69 Å². The molecule has 1 aromatic rings. The van der Waals surface area contributed by atoms with Gasteiger partial charge >= 0.3 is 5.97 Å². The molecule has 1 rings (SSSR count). The minimum atomic E-state index is -1.04. The third-order valence-corrected chi connectivity index (χ3v) is 2.19. The van der Waals surface area contributed by atoms with E-state index < -0.39 is 17.6 Å². The third-order valence-electron chi connectivity index (χ3n) is 1.82. The molecule has 2 N–H and O–H groups in total. The van der Waals surface area contributed by atoms with E-state index in [0.29, 0.717) is 0 Å². The predicted octanol–water partition coefficient (Wildman–Crippen LogP) is 0.319. The van der Waals surface area contributed by atoms with E-state index in [1.807, 2.05) is 0 Å². The molecule has 0 aliphatic heterocycles. The highest BCUT2D eigenvalue weighted by Gasteiger charge is 2.14. The van der Waals surface area contributed by atoms with Gasteiger partial charge in [0.05, 0.1) is 11.9 Å². The molecule has 0 radical (unpaired) electrons. The minimum absolute atomic E-state index is 0.0689. The van der Waals surface area contributed by atoms with Gasteiger partial charge in [0.25, 0.3) is 5.56 Å². The highest BCUT2D eigenvalue weighted by atomic mass is 35.5. The summed E-state index contributed by atoms with van der Waals surface area (Å²) < 4.78 is 1.07. The van der Waals surface area contributed by atoms with Crippen molar-refractivity contribution in [3.63, 3.8) is 0 Å². The number of aliphatic carboxylic acids is 1. The SMILES string of the molecule is C[C@@H](Nc1cnn(C)c(=O)c1Cl)C(=O)O. The van der Waals surface area contributed by atoms with Crippen LogP contribution in [0.15, 0.2) is 11.0 Å². The second-order valence-corrected chi connectivity index (χ2v) is 3.38. The smallest absolute Gasteiger partial charge is 0.325 e. The van der Waals surface area contributed by atoms with Gasteiger partial charge in [0.2, 0.25) is 0 Å². The molecule has 1 heterocycles. The highest BCUT2D eigenvalue weighted by molar-refractivity contribution is 6.33. The average Bonchev–Trinajstić information content (AvgIpc) is 2.18. The van der Waals surface area contributed by atoms with Gasteiger partial charge in [-0.15, -0.1) is 0 Å². The molecule has 0 unspecified atom stereocenters. The van der Waals surface area contributed by atoms with Gasteiger partial charge in [-0.1, -0.05) is 11.6 Å². The first kappa shape index (κ1) is 11.5. The number of carboxylic acid groups (broad SMARTS) is 1. The lowest BCUT2D eigenvalue weighted by Gasteiger charge is -2.11. The first-order valence-electron chi connectivity index (χ1n) is 4.14. The number of carbonyl (C=O) groups is 1. The Morgan fingerprint density at radius 2 is 2.33 bits per heavy atom. The lowest BCUT2D eigenvalue weighted by atomic mass is 10.3. The average molecular weight is 232 g/mol. The minimum Gasteiger partial charge on any atom is -0.480 e. The summed E-state index contributed by atoms with van der Waals surface area (Å²) in [4.78, 5) is 21.9. The Kier molecular flexibility index (Phi) is 3.31. The van der Waals surface area contributed by atoms with E-state index in [1.54, 1.807) is 0 Å². The fraction of sp³-hybridized carbons (Fsp3) is 0.375. The number of nitrogens with one attached hydrogen (secondary N) is 1. The quantitative estimate of drug-likeness (QED) is 0.783. The molecule has 0 saturated heterocycles. The molecule has 0 fully saturated rings. The maximum Gasteiger partial charge on any atom is 0.325 e. The van der Waals surface area contributed by atoms with E-state index in [9.17, 15) is 9.59 Å². The molecular formula is C8H10ClN3O3. The van der Waals surface area contributed by atoms with Crippen LogP contribution in [0.2, 0.25) is 5.02 Å². The van der Waals surface area contributed by atoms with E-state index in [-0.39, 0.29) is 10.7 Å². The van der Waals surface area contributed by atoms with Gasteiger partial charge in [-0.3, -0.25) is 9.59 Å². The van der Waals surface area contributed by atoms with Gasteiger partial charge in [-0.25, -0.2) is 4.68 Å². The molecular weight excluding hydrogens is 222 g/mol. The molecule has 0 saturated carbocycles. The van der Waals surface area contributed by atoms with Crippen LogP contribution in [0.3, 0.4) is 0 Å². The number of aryl methyl sites for hydroxylation is 1. The van der Waals surface area contributed by atoms with Crippen LogP contribution in [0.5, 0.6) is 0 Å². The zero-order valence-corrected chi connectivity index (χ0v) is 8.95. The largest absolute Gasteiger partial charge is 0.480 e. The Morgan fingerprint density at radius 1 is 1.73 bits per heavy atom. The Balaban J connectivity index is 3.02. The maximum atomic E-state index is 11.3. The summed E-state index contributed by atoms with van der Waals surface area (Å²) in [5.74, 6) is -1.04. The number of rotatable bonds is 3. The first-order valence-corrected chi connectivity index (χ1v) is 4.52. The molecule has 0 bridgehead atoms. The standard InChI is InChI=1S/C8H10ClN3O3/c1-4(8(14)15)11-5-3-10-12(2)7(13)6(5)9/h3-4,11H,1-2H3,(H,14,15)/t4-/m1/s1. The van der Waals surface area contributed by atoms with Gasteiger partial charge in [0, 0.05) is 7.05 Å². The Bertz CT molecular complexity index is 443. The Labute approximate surface area is 90.5 Å². The molecule has 1 atom stereocenters. The van der Waals surface area contributed by atoms with E-state index in [4.69, 9.17) is 16.7 Å². The van der Waals surface area contributed by atoms with Crippen molar-refractivity contribution in [3.8, 4) is 0 Å². The van der Waals surface area contributed by atoms with Crippen molar-refractivity contribution < 1.29 is 9.90 Å². The molecule has 0 aliphatic carbocycles. The normalized spacial score (nSPS) is 12.2. The summed E-state index contributed by atoms with van der Waals surface area (Å²) >= 11 is 5.72. The van der Waals surface area contributed by atoms with Crippen molar-refractivity contribution in [1.82, 2.24) is 9.78 Å². The van der Waals surface area contributed by atoms with Gasteiger partial charge in [-0.2, -0.15) is 5.10 Å². The summed E-state index contributed by atoms with van der Waals surface area (Å²) in [6, 6.07) is -0.837. The second kappa shape index (κ2) is 4.31. The molecule has 7 heteroatoms. The molecule has 0 aliphatic rings. The second-order valence-electron chi connectivity index (χ2n) is 3.01. The summed E-state index contributed by atoms with van der Waals surface area (Å²) in [6.45, 7) is 1.44. The van der Waals surface area contributed by atoms with E-state index in [1.165, 1.54) is 20.2 Å². The van der Waals surface area contributed by atoms with Gasteiger partial charge < -0.3 is 10.4 Å². The Hall–Kier alpha value is -1.56. The van der Waals surface area contributed by atoms with Crippen LogP contribution in [0.25, 0.3) is 0 Å². The molecule has 1 aromatic heterocycles. The highest BCUT2D eigenvalue weighted by Crippen LogP contribution is 2.15. The van der Waals surface area contributed by atoms with Crippen molar-refractivity contribution in [3.05, 3.63) is 21.6 Å². The van der Waals surface area contributed by atoms with Crippen LogP contribution < -0.4 is 10.9 Å². The summed E-state index contributed by atoms with van der Waals surface area (Å²) in [5.41, 5.74) is -0.256. The first-order chi connectivity index (χ1) is 6.93. The summed E-state index contributed by atoms with van der Waals surface area (Å²) in [7, 11) is 1.46. The van der Waals surface area contributed by atoms with Crippen LogP contribution in [-0.4, -0.2) is 26.9 Å². The fourth-order valence-electron chi connectivity index (χ4n) is 0.906. The van der Waals surface area contributed by atoms with Crippen molar-refractivity contribution in [2.24, 2.45) is 7.05 Å². The van der Waals surface area contributed by atoms with Crippen molar-refractivity contribution in [2.75, 3.05) is 5.32 Å². The molecule has 0 aromatic carbocycles. The summed E-state index contributed by atoms with van der Waals surface area (Å²) in [5, 5.41) is 14.9. The van der Waals surface area contributed by atoms with Gasteiger partial charge in [0.15, 0.2) is 0 Å². The van der Waals surface area contributed by atoms with Crippen molar-refractivity contribution in [2.45, 2.75) is 13.0 Å². The molecule has 0 amide bonds. The molecule has 15 heavy (non-hydrogen) atoms. The van der Waals surface area contributed by atoms with Crippen molar-refractivity contribution >= 4 is 23.3 Å². The van der Waals surface area contributed by atoms with Crippen LogP contribution >= 0.6 is 11.6 Å². The fourth-order valence-corrected chi connectivity index (χ4v) is 1.13. The number of nitrogens with zero attached hydrogens (tertiary/aromatic N) is 2. The summed E-state index contributed by atoms with van der Waals surface area (Å²) in [6.07, 6.45) is 1.31. The van der Waals surface area contributed by atoms with Crippen molar-refractivity contribution in [1.29, 1.82) is 0 Å². The zero-order chi connectivity index (χ0) is 11.6. The van der Waals surface area contributed by atoms with Gasteiger partial charge in [-0.05, 0) is 6.92 Å². The monoisotopic (exact) mass is 231 g/mol. The number of aromatic nitrogens is 2. The molecule has 82 valence electrons. The van der Waals surface area contributed by atoms with Crippen LogP contribution in [0.1, 0.15) is 6.92 Å². The van der Waals surface area contributed by atoms with E-state index >= 15 is 0 Å². The topological polar surface area (TPSA) is 84.2 Å². The van der Waals surface area contributed by atoms with Gasteiger partial charge in [0.1, 0.15) is 11.1 Å². The molecule has 0 spiro atoms. The predicted molar refractivity (Wildman–Crippen MR) is 55.2 cm³/mol. The van der Waals surface area contributed by atoms with E-state index in [2.05, 4.69) is 10.4 Å². The number of hydrogen-bond acceptors (Lipinski definition) is 4. The third kappa shape index (κ3) is 2.47. The van der Waals surface area contributed by atoms with E-state index in [0.717, 1.165) is 4.68 Å². The maximum absolute atomic E-state index is 11.3. The lowest BCUT2D eigenvalue weighted by molar-refractivity contribution is -0.137. The number of carboxylic acids is 1. The number of anilines is 1. The molecule has 6 nitrogen and oxygen atoms in total. The van der Waals surface area contributed by atoms with Crippen LogP contribution in [-0.2, 0) is 11.8 Å². The number of hydrogen-bond donors (Lipinski definition) is 2. The Morgan fingerprint density at radius 3 is 2.87 bits per heavy atom.